The van der Waals surface area contributed by atoms with Gasteiger partial charge in [-0.05, 0) is 30.5 Å². The van der Waals surface area contributed by atoms with Crippen LogP contribution in [0.2, 0.25) is 0 Å². The van der Waals surface area contributed by atoms with Crippen molar-refractivity contribution in [2.24, 2.45) is 5.92 Å². The second-order valence-electron chi connectivity index (χ2n) is 4.93. The van der Waals surface area contributed by atoms with Crippen LogP contribution in [0.4, 0.5) is 4.39 Å². The highest BCUT2D eigenvalue weighted by atomic mass is 32.2. The highest BCUT2D eigenvalue weighted by Crippen LogP contribution is 2.21. The molecule has 0 aliphatic carbocycles. The lowest BCUT2D eigenvalue weighted by Gasteiger charge is -2.18. The normalized spacial score (nSPS) is 13.5. The van der Waals surface area contributed by atoms with Crippen LogP contribution >= 0.6 is 0 Å². The molecule has 5 nitrogen and oxygen atoms in total. The minimum atomic E-state index is -3.87. The van der Waals surface area contributed by atoms with Gasteiger partial charge >= 0.3 is 0 Å². The SMILES string of the molecule is COc1ccc(S(=O)(=O)NC(CO)CC(C)C)cc1F. The van der Waals surface area contributed by atoms with E-state index >= 15 is 0 Å². The summed E-state index contributed by atoms with van der Waals surface area (Å²) in [5.41, 5.74) is 0. The number of aliphatic hydroxyl groups excluding tert-OH is 1. The molecule has 1 aromatic rings. The van der Waals surface area contributed by atoms with Gasteiger partial charge in [0.15, 0.2) is 11.6 Å². The lowest BCUT2D eigenvalue weighted by atomic mass is 10.1. The number of methoxy groups -OCH3 is 1. The summed E-state index contributed by atoms with van der Waals surface area (Å²) in [6.45, 7) is 3.53. The minimum absolute atomic E-state index is 0.0233. The van der Waals surface area contributed by atoms with E-state index in [1.807, 2.05) is 13.8 Å². The van der Waals surface area contributed by atoms with E-state index in [0.29, 0.717) is 6.42 Å². The van der Waals surface area contributed by atoms with Gasteiger partial charge in [0.2, 0.25) is 10.0 Å². The molecule has 114 valence electrons. The van der Waals surface area contributed by atoms with Crippen molar-refractivity contribution in [3.63, 3.8) is 0 Å². The van der Waals surface area contributed by atoms with Crippen molar-refractivity contribution in [2.45, 2.75) is 31.2 Å². The maximum atomic E-state index is 13.5. The zero-order valence-corrected chi connectivity index (χ0v) is 12.6. The molecule has 0 saturated heterocycles. The maximum Gasteiger partial charge on any atom is 0.241 e. The van der Waals surface area contributed by atoms with Gasteiger partial charge in [-0.2, -0.15) is 0 Å². The fourth-order valence-electron chi connectivity index (χ4n) is 1.83. The van der Waals surface area contributed by atoms with Crippen LogP contribution in [0.5, 0.6) is 5.75 Å². The highest BCUT2D eigenvalue weighted by molar-refractivity contribution is 7.89. The Labute approximate surface area is 118 Å². The van der Waals surface area contributed by atoms with E-state index in [-0.39, 0.29) is 23.2 Å². The summed E-state index contributed by atoms with van der Waals surface area (Å²) in [4.78, 5) is -0.196. The molecule has 7 heteroatoms. The van der Waals surface area contributed by atoms with Crippen molar-refractivity contribution in [3.8, 4) is 5.75 Å². The topological polar surface area (TPSA) is 75.6 Å². The fourth-order valence-corrected chi connectivity index (χ4v) is 3.08. The van der Waals surface area contributed by atoms with E-state index in [0.717, 1.165) is 6.07 Å². The first-order chi connectivity index (χ1) is 9.30. The molecule has 1 unspecified atom stereocenters. The minimum Gasteiger partial charge on any atom is -0.494 e. The van der Waals surface area contributed by atoms with Crippen molar-refractivity contribution in [1.82, 2.24) is 4.72 Å². The van der Waals surface area contributed by atoms with Gasteiger partial charge in [-0.3, -0.25) is 0 Å². The molecule has 0 spiro atoms. The highest BCUT2D eigenvalue weighted by Gasteiger charge is 2.21. The van der Waals surface area contributed by atoms with Crippen molar-refractivity contribution in [3.05, 3.63) is 24.0 Å². The molecular formula is C13H20FNO4S. The van der Waals surface area contributed by atoms with Crippen LogP contribution < -0.4 is 9.46 Å². The van der Waals surface area contributed by atoms with E-state index in [9.17, 15) is 17.9 Å². The van der Waals surface area contributed by atoms with Crippen LogP contribution in [-0.2, 0) is 10.0 Å². The summed E-state index contributed by atoms with van der Waals surface area (Å²) in [6.07, 6.45) is 0.494. The third-order valence-corrected chi connectivity index (χ3v) is 4.25. The number of aliphatic hydroxyl groups is 1. The number of benzene rings is 1. The molecule has 0 fully saturated rings. The van der Waals surface area contributed by atoms with Crippen molar-refractivity contribution in [2.75, 3.05) is 13.7 Å². The zero-order valence-electron chi connectivity index (χ0n) is 11.8. The smallest absolute Gasteiger partial charge is 0.241 e. The van der Waals surface area contributed by atoms with Gasteiger partial charge in [0.25, 0.3) is 0 Å². The summed E-state index contributed by atoms with van der Waals surface area (Å²) in [6, 6.07) is 2.81. The molecule has 0 aliphatic heterocycles. The van der Waals surface area contributed by atoms with Crippen LogP contribution in [0, 0.1) is 11.7 Å². The van der Waals surface area contributed by atoms with Crippen LogP contribution in [0.1, 0.15) is 20.3 Å². The predicted molar refractivity (Wildman–Crippen MR) is 73.6 cm³/mol. The van der Waals surface area contributed by atoms with Gasteiger partial charge in [-0.1, -0.05) is 13.8 Å². The Morgan fingerprint density at radius 2 is 2.05 bits per heavy atom. The van der Waals surface area contributed by atoms with Gasteiger partial charge in [-0.15, -0.1) is 0 Å². The summed E-state index contributed by atoms with van der Waals surface area (Å²) in [5, 5.41) is 9.20. The van der Waals surface area contributed by atoms with Crippen molar-refractivity contribution >= 4 is 10.0 Å². The summed E-state index contributed by atoms with van der Waals surface area (Å²) in [7, 11) is -2.57. The first kappa shape index (κ1) is 16.9. The molecule has 0 radical (unpaired) electrons. The molecule has 2 N–H and O–H groups in total. The Kier molecular flexibility index (Phi) is 5.91. The van der Waals surface area contributed by atoms with E-state index in [1.165, 1.54) is 19.2 Å². The number of halogens is 1. The molecule has 1 aromatic carbocycles. The monoisotopic (exact) mass is 305 g/mol. The lowest BCUT2D eigenvalue weighted by Crippen LogP contribution is -2.38. The summed E-state index contributed by atoms with van der Waals surface area (Å²) >= 11 is 0. The number of ether oxygens (including phenoxy) is 1. The molecule has 1 rings (SSSR count). The lowest BCUT2D eigenvalue weighted by molar-refractivity contribution is 0.240. The Hall–Kier alpha value is -1.18. The number of rotatable bonds is 7. The number of sulfonamides is 1. The van der Waals surface area contributed by atoms with E-state index in [4.69, 9.17) is 4.74 Å². The predicted octanol–water partition coefficient (Wildman–Crippen LogP) is 1.52. The standard InChI is InChI=1S/C13H20FNO4S/c1-9(2)6-10(8-16)15-20(17,18)11-4-5-13(19-3)12(14)7-11/h4-5,7,9-10,15-16H,6,8H2,1-3H3. The first-order valence-electron chi connectivity index (χ1n) is 6.27. The van der Waals surface area contributed by atoms with E-state index < -0.39 is 21.9 Å². The Morgan fingerprint density at radius 1 is 1.40 bits per heavy atom. The van der Waals surface area contributed by atoms with E-state index in [1.54, 1.807) is 0 Å². The maximum absolute atomic E-state index is 13.5. The fraction of sp³-hybridized carbons (Fsp3) is 0.538. The summed E-state index contributed by atoms with van der Waals surface area (Å²) < 4.78 is 44.9. The molecule has 0 bridgehead atoms. The van der Waals surface area contributed by atoms with Gasteiger partial charge in [-0.25, -0.2) is 17.5 Å². The second-order valence-corrected chi connectivity index (χ2v) is 6.64. The number of nitrogens with one attached hydrogen (secondary N) is 1. The zero-order chi connectivity index (χ0) is 15.3. The Morgan fingerprint density at radius 3 is 2.50 bits per heavy atom. The molecule has 0 aliphatic rings. The third-order valence-electron chi connectivity index (χ3n) is 2.73. The molecular weight excluding hydrogens is 285 g/mol. The van der Waals surface area contributed by atoms with Crippen LogP contribution in [0.15, 0.2) is 23.1 Å². The molecule has 1 atom stereocenters. The van der Waals surface area contributed by atoms with Gasteiger partial charge < -0.3 is 9.84 Å². The Bertz CT molecular complexity index is 545. The average Bonchev–Trinajstić information content (AvgIpc) is 2.36. The van der Waals surface area contributed by atoms with Crippen molar-refractivity contribution in [1.29, 1.82) is 0 Å². The van der Waals surface area contributed by atoms with E-state index in [2.05, 4.69) is 4.72 Å². The quantitative estimate of drug-likeness (QED) is 0.801. The van der Waals surface area contributed by atoms with Crippen LogP contribution in [0.25, 0.3) is 0 Å². The van der Waals surface area contributed by atoms with Gasteiger partial charge in [0.05, 0.1) is 18.6 Å². The van der Waals surface area contributed by atoms with Gasteiger partial charge in [0.1, 0.15) is 0 Å². The molecule has 0 saturated carbocycles. The number of hydrogen-bond donors (Lipinski definition) is 2. The van der Waals surface area contributed by atoms with Crippen LogP contribution in [0.3, 0.4) is 0 Å². The molecule has 0 amide bonds. The summed E-state index contributed by atoms with van der Waals surface area (Å²) in [5.74, 6) is -0.549. The van der Waals surface area contributed by atoms with Crippen molar-refractivity contribution < 1.29 is 22.7 Å². The second kappa shape index (κ2) is 7.01. The van der Waals surface area contributed by atoms with Gasteiger partial charge in [0, 0.05) is 6.04 Å². The number of hydrogen-bond acceptors (Lipinski definition) is 4. The molecule has 0 heterocycles. The molecule has 20 heavy (non-hydrogen) atoms. The first-order valence-corrected chi connectivity index (χ1v) is 7.75. The van der Waals surface area contributed by atoms with Crippen LogP contribution in [-0.4, -0.2) is 33.3 Å². The Balaban J connectivity index is 2.95. The average molecular weight is 305 g/mol. The third kappa shape index (κ3) is 4.43. The molecule has 0 aromatic heterocycles. The largest absolute Gasteiger partial charge is 0.494 e.